The minimum Gasteiger partial charge on any atom is -0.364 e. The van der Waals surface area contributed by atoms with Gasteiger partial charge in [0.1, 0.15) is 11.5 Å². The van der Waals surface area contributed by atoms with E-state index in [1.54, 1.807) is 0 Å². The number of nitrogens with zero attached hydrogens (tertiary/aromatic N) is 5. The van der Waals surface area contributed by atoms with Crippen molar-refractivity contribution in [1.82, 2.24) is 19.8 Å². The number of anilines is 1. The fourth-order valence-electron chi connectivity index (χ4n) is 4.97. The zero-order valence-electron chi connectivity index (χ0n) is 18.9. The summed E-state index contributed by atoms with van der Waals surface area (Å²) in [7, 11) is 0. The molecule has 0 aliphatic carbocycles. The van der Waals surface area contributed by atoms with Crippen molar-refractivity contribution >= 4 is 17.6 Å². The highest BCUT2D eigenvalue weighted by Crippen LogP contribution is 2.27. The van der Waals surface area contributed by atoms with Crippen LogP contribution < -0.4 is 10.6 Å². The molecule has 8 nitrogen and oxygen atoms in total. The number of hydrogen-bond donors (Lipinski definition) is 1. The number of amides is 2. The first-order valence-corrected chi connectivity index (χ1v) is 11.5. The highest BCUT2D eigenvalue weighted by molar-refractivity contribution is 5.94. The molecule has 2 aromatic rings. The minimum absolute atomic E-state index is 0.134. The Kier molecular flexibility index (Phi) is 6.69. The van der Waals surface area contributed by atoms with Crippen LogP contribution >= 0.6 is 0 Å². The predicted molar refractivity (Wildman–Crippen MR) is 124 cm³/mol. The van der Waals surface area contributed by atoms with Crippen LogP contribution in [0.5, 0.6) is 0 Å². The highest BCUT2D eigenvalue weighted by Gasteiger charge is 2.34. The summed E-state index contributed by atoms with van der Waals surface area (Å²) in [6, 6.07) is 10.5. The molecule has 2 aliphatic heterocycles. The van der Waals surface area contributed by atoms with E-state index in [0.717, 1.165) is 69.1 Å². The second-order valence-electron chi connectivity index (χ2n) is 8.66. The van der Waals surface area contributed by atoms with Gasteiger partial charge in [0.25, 0.3) is 11.8 Å². The van der Waals surface area contributed by atoms with Crippen molar-refractivity contribution in [3.8, 4) is 0 Å². The Labute approximate surface area is 189 Å². The Morgan fingerprint density at radius 3 is 2.44 bits per heavy atom. The largest absolute Gasteiger partial charge is 0.364 e. The van der Waals surface area contributed by atoms with E-state index in [0.29, 0.717) is 12.1 Å². The molecule has 2 aliphatic rings. The number of carbonyl (C=O) groups is 2. The number of rotatable bonds is 5. The molecule has 2 N–H and O–H groups in total. The van der Waals surface area contributed by atoms with E-state index in [1.807, 2.05) is 42.2 Å². The van der Waals surface area contributed by atoms with E-state index >= 15 is 0 Å². The molecule has 8 heteroatoms. The molecular weight excluding hydrogens is 404 g/mol. The smallest absolute Gasteiger partial charge is 0.268 e. The SMILES string of the molecule is CCC1CN(c2ncc(C(N)=O)nc2C)CCN1C1CCN(C(=O)c2ccccc2)CC1. The second kappa shape index (κ2) is 9.65. The average Bonchev–Trinajstić information content (AvgIpc) is 2.83. The average molecular weight is 437 g/mol. The van der Waals surface area contributed by atoms with Crippen molar-refractivity contribution in [2.45, 2.75) is 45.2 Å². The molecule has 0 radical (unpaired) electrons. The fourth-order valence-corrected chi connectivity index (χ4v) is 4.97. The van der Waals surface area contributed by atoms with E-state index in [4.69, 9.17) is 5.73 Å². The zero-order chi connectivity index (χ0) is 22.7. The van der Waals surface area contributed by atoms with Gasteiger partial charge in [0.2, 0.25) is 0 Å². The van der Waals surface area contributed by atoms with Crippen molar-refractivity contribution in [2.75, 3.05) is 37.6 Å². The highest BCUT2D eigenvalue weighted by atomic mass is 16.2. The third kappa shape index (κ3) is 4.60. The van der Waals surface area contributed by atoms with Gasteiger partial charge in [-0.1, -0.05) is 25.1 Å². The normalized spacial score (nSPS) is 20.4. The molecule has 3 heterocycles. The van der Waals surface area contributed by atoms with E-state index < -0.39 is 5.91 Å². The molecule has 1 aromatic carbocycles. The van der Waals surface area contributed by atoms with Gasteiger partial charge in [-0.2, -0.15) is 0 Å². The Bertz CT molecular complexity index is 958. The third-order valence-corrected chi connectivity index (χ3v) is 6.71. The Morgan fingerprint density at radius 2 is 1.81 bits per heavy atom. The topological polar surface area (TPSA) is 95.7 Å². The lowest BCUT2D eigenvalue weighted by atomic mass is 9.97. The number of benzene rings is 1. The summed E-state index contributed by atoms with van der Waals surface area (Å²) >= 11 is 0. The third-order valence-electron chi connectivity index (χ3n) is 6.71. The molecule has 32 heavy (non-hydrogen) atoms. The summed E-state index contributed by atoms with van der Waals surface area (Å²) in [4.78, 5) is 39.8. The number of aromatic nitrogens is 2. The van der Waals surface area contributed by atoms with Gasteiger partial charge < -0.3 is 15.5 Å². The monoisotopic (exact) mass is 436 g/mol. The fraction of sp³-hybridized carbons (Fsp3) is 0.500. The number of nitrogens with two attached hydrogens (primary N) is 1. The molecule has 1 unspecified atom stereocenters. The summed E-state index contributed by atoms with van der Waals surface area (Å²) in [6.07, 6.45) is 4.52. The summed E-state index contributed by atoms with van der Waals surface area (Å²) in [5, 5.41) is 0. The molecule has 2 fully saturated rings. The van der Waals surface area contributed by atoms with Crippen LogP contribution in [0.25, 0.3) is 0 Å². The van der Waals surface area contributed by atoms with Crippen LogP contribution in [0.4, 0.5) is 5.82 Å². The number of aryl methyl sites for hydroxylation is 1. The van der Waals surface area contributed by atoms with Crippen LogP contribution in [0.2, 0.25) is 0 Å². The number of hydrogen-bond acceptors (Lipinski definition) is 6. The van der Waals surface area contributed by atoms with Gasteiger partial charge in [0.15, 0.2) is 0 Å². The Balaban J connectivity index is 1.37. The molecular formula is C24H32N6O2. The van der Waals surface area contributed by atoms with Crippen LogP contribution in [0, 0.1) is 6.92 Å². The number of primary amides is 1. The maximum absolute atomic E-state index is 12.8. The van der Waals surface area contributed by atoms with E-state index in [1.165, 1.54) is 6.20 Å². The summed E-state index contributed by atoms with van der Waals surface area (Å²) < 4.78 is 0. The van der Waals surface area contributed by atoms with Gasteiger partial charge in [0, 0.05) is 50.4 Å². The van der Waals surface area contributed by atoms with Crippen molar-refractivity contribution in [3.05, 3.63) is 53.5 Å². The maximum atomic E-state index is 12.8. The molecule has 0 bridgehead atoms. The lowest BCUT2D eigenvalue weighted by Gasteiger charge is -2.47. The maximum Gasteiger partial charge on any atom is 0.268 e. The van der Waals surface area contributed by atoms with Gasteiger partial charge in [-0.3, -0.25) is 14.5 Å². The summed E-state index contributed by atoms with van der Waals surface area (Å²) in [6.45, 7) is 8.40. The van der Waals surface area contributed by atoms with Crippen LogP contribution in [0.3, 0.4) is 0 Å². The van der Waals surface area contributed by atoms with Gasteiger partial charge >= 0.3 is 0 Å². The van der Waals surface area contributed by atoms with Crippen LogP contribution in [0.15, 0.2) is 36.5 Å². The van der Waals surface area contributed by atoms with Crippen LogP contribution in [-0.4, -0.2) is 76.4 Å². The second-order valence-corrected chi connectivity index (χ2v) is 8.66. The number of likely N-dealkylation sites (tertiary alicyclic amines) is 1. The standard InChI is InChI=1S/C24H32N6O2/c1-3-19-16-29(23-17(2)27-21(15-26-23)22(25)31)13-14-30(19)20-9-11-28(12-10-20)24(32)18-7-5-4-6-8-18/h4-8,15,19-20H,3,9-14,16H2,1-2H3,(H2,25,31). The first kappa shape index (κ1) is 22.2. The lowest BCUT2D eigenvalue weighted by Crippen LogP contribution is -2.59. The van der Waals surface area contributed by atoms with Gasteiger partial charge in [-0.05, 0) is 38.3 Å². The zero-order valence-corrected chi connectivity index (χ0v) is 18.9. The predicted octanol–water partition coefficient (Wildman–Crippen LogP) is 2.09. The Hall–Kier alpha value is -3.00. The first-order valence-electron chi connectivity index (χ1n) is 11.5. The molecule has 1 atom stereocenters. The molecule has 170 valence electrons. The lowest BCUT2D eigenvalue weighted by molar-refractivity contribution is 0.0490. The first-order chi connectivity index (χ1) is 15.5. The van der Waals surface area contributed by atoms with Gasteiger partial charge in [-0.25, -0.2) is 9.97 Å². The van der Waals surface area contributed by atoms with Crippen LogP contribution in [0.1, 0.15) is 52.7 Å². The van der Waals surface area contributed by atoms with Crippen molar-refractivity contribution in [2.24, 2.45) is 5.73 Å². The van der Waals surface area contributed by atoms with E-state index in [2.05, 4.69) is 26.7 Å². The van der Waals surface area contributed by atoms with Crippen molar-refractivity contribution in [1.29, 1.82) is 0 Å². The van der Waals surface area contributed by atoms with E-state index in [-0.39, 0.29) is 11.6 Å². The minimum atomic E-state index is -0.555. The summed E-state index contributed by atoms with van der Waals surface area (Å²) in [5.74, 6) is 0.409. The molecule has 4 rings (SSSR count). The van der Waals surface area contributed by atoms with Gasteiger partial charge in [-0.15, -0.1) is 0 Å². The Morgan fingerprint density at radius 1 is 1.09 bits per heavy atom. The summed E-state index contributed by atoms with van der Waals surface area (Å²) in [5.41, 5.74) is 7.04. The number of piperidine rings is 1. The van der Waals surface area contributed by atoms with E-state index in [9.17, 15) is 9.59 Å². The van der Waals surface area contributed by atoms with Crippen molar-refractivity contribution < 1.29 is 9.59 Å². The molecule has 2 amide bonds. The van der Waals surface area contributed by atoms with Crippen LogP contribution in [-0.2, 0) is 0 Å². The number of carbonyl (C=O) groups excluding carboxylic acids is 2. The molecule has 2 saturated heterocycles. The molecule has 0 saturated carbocycles. The molecule has 0 spiro atoms. The van der Waals surface area contributed by atoms with Crippen molar-refractivity contribution in [3.63, 3.8) is 0 Å². The van der Waals surface area contributed by atoms with Gasteiger partial charge in [0.05, 0.1) is 11.9 Å². The molecule has 1 aromatic heterocycles. The quantitative estimate of drug-likeness (QED) is 0.771. The number of piperazine rings is 1.